The number of likely N-dealkylation sites (N-methyl/N-ethyl adjacent to an activating group) is 1. The summed E-state index contributed by atoms with van der Waals surface area (Å²) in [6.45, 7) is 4.62. The molecular weight excluding hydrogens is 356 g/mol. The van der Waals surface area contributed by atoms with Crippen LogP contribution in [0.1, 0.15) is 24.1 Å². The van der Waals surface area contributed by atoms with E-state index in [2.05, 4.69) is 47.7 Å². The van der Waals surface area contributed by atoms with Crippen molar-refractivity contribution in [2.75, 3.05) is 40.5 Å². The summed E-state index contributed by atoms with van der Waals surface area (Å²) in [6, 6.07) is 6.26. The molecule has 2 heterocycles. The van der Waals surface area contributed by atoms with Gasteiger partial charge in [0.2, 0.25) is 6.79 Å². The standard InChI is InChI=1S/C20H30N6O2/c1-5-21-20(23-12-17(25(2)3)16-11-24-26(4)13-16)22-9-8-15-6-7-18-19(10-15)28-14-27-18/h6-7,10-11,13,17H,5,8-9,12,14H2,1-4H3,(H2,21,22,23). The minimum absolute atomic E-state index is 0.179. The lowest BCUT2D eigenvalue weighted by molar-refractivity contribution is 0.174. The minimum atomic E-state index is 0.179. The van der Waals surface area contributed by atoms with Gasteiger partial charge in [0.25, 0.3) is 0 Å². The third-order valence-corrected chi connectivity index (χ3v) is 4.64. The van der Waals surface area contributed by atoms with E-state index in [4.69, 9.17) is 14.5 Å². The van der Waals surface area contributed by atoms with E-state index in [1.54, 1.807) is 0 Å². The number of nitrogens with one attached hydrogen (secondary N) is 2. The Hall–Kier alpha value is -2.74. The zero-order chi connectivity index (χ0) is 19.9. The second-order valence-corrected chi connectivity index (χ2v) is 7.01. The predicted octanol–water partition coefficient (Wildman–Crippen LogP) is 1.55. The zero-order valence-corrected chi connectivity index (χ0v) is 17.1. The molecule has 0 spiro atoms. The molecule has 8 nitrogen and oxygen atoms in total. The molecule has 0 saturated heterocycles. The van der Waals surface area contributed by atoms with Gasteiger partial charge in [-0.2, -0.15) is 5.10 Å². The van der Waals surface area contributed by atoms with E-state index >= 15 is 0 Å². The molecule has 1 aliphatic rings. The number of benzene rings is 1. The number of fused-ring (bicyclic) bond motifs is 1. The van der Waals surface area contributed by atoms with Gasteiger partial charge in [-0.15, -0.1) is 0 Å². The quantitative estimate of drug-likeness (QED) is 0.530. The SMILES string of the molecule is CCNC(=NCC(c1cnn(C)c1)N(C)C)NCCc1ccc2c(c1)OCO2. The highest BCUT2D eigenvalue weighted by Gasteiger charge is 2.16. The van der Waals surface area contributed by atoms with E-state index in [1.165, 1.54) is 5.56 Å². The zero-order valence-electron chi connectivity index (χ0n) is 17.1. The molecule has 152 valence electrons. The molecule has 1 aromatic carbocycles. The average molecular weight is 387 g/mol. The third kappa shape index (κ3) is 5.16. The number of rotatable bonds is 8. The molecule has 2 N–H and O–H groups in total. The van der Waals surface area contributed by atoms with Crippen LogP contribution >= 0.6 is 0 Å². The summed E-state index contributed by atoms with van der Waals surface area (Å²) in [6.07, 6.45) is 4.82. The van der Waals surface area contributed by atoms with Crippen molar-refractivity contribution in [1.29, 1.82) is 0 Å². The van der Waals surface area contributed by atoms with Crippen LogP contribution in [0.15, 0.2) is 35.6 Å². The molecule has 0 fully saturated rings. The molecule has 1 aliphatic heterocycles. The first kappa shape index (κ1) is 20.0. The van der Waals surface area contributed by atoms with Crippen LogP contribution in [0, 0.1) is 0 Å². The fourth-order valence-corrected chi connectivity index (χ4v) is 3.12. The number of aliphatic imine (C=N–C) groups is 1. The van der Waals surface area contributed by atoms with Crippen molar-refractivity contribution < 1.29 is 9.47 Å². The maximum absolute atomic E-state index is 5.45. The van der Waals surface area contributed by atoms with Crippen molar-refractivity contribution in [1.82, 2.24) is 25.3 Å². The van der Waals surface area contributed by atoms with E-state index in [1.807, 2.05) is 36.3 Å². The van der Waals surface area contributed by atoms with Crippen LogP contribution in [0.2, 0.25) is 0 Å². The van der Waals surface area contributed by atoms with E-state index < -0.39 is 0 Å². The van der Waals surface area contributed by atoms with Crippen molar-refractivity contribution >= 4 is 5.96 Å². The van der Waals surface area contributed by atoms with Gasteiger partial charge in [-0.05, 0) is 45.1 Å². The van der Waals surface area contributed by atoms with Gasteiger partial charge in [0.15, 0.2) is 17.5 Å². The number of guanidine groups is 1. The van der Waals surface area contributed by atoms with Crippen molar-refractivity contribution in [2.24, 2.45) is 12.0 Å². The lowest BCUT2D eigenvalue weighted by Gasteiger charge is -2.22. The summed E-state index contributed by atoms with van der Waals surface area (Å²) in [5.41, 5.74) is 2.36. The van der Waals surface area contributed by atoms with Crippen LogP contribution in [-0.4, -0.2) is 61.2 Å². The number of aromatic nitrogens is 2. The van der Waals surface area contributed by atoms with Crippen molar-refractivity contribution in [3.05, 3.63) is 41.7 Å². The van der Waals surface area contributed by atoms with Crippen molar-refractivity contribution in [3.63, 3.8) is 0 Å². The molecule has 8 heteroatoms. The maximum Gasteiger partial charge on any atom is 0.231 e. The molecular formula is C20H30N6O2. The topological polar surface area (TPSA) is 75.9 Å². The van der Waals surface area contributed by atoms with Gasteiger partial charge in [-0.25, -0.2) is 0 Å². The molecule has 0 saturated carbocycles. The highest BCUT2D eigenvalue weighted by molar-refractivity contribution is 5.79. The fraction of sp³-hybridized carbons (Fsp3) is 0.500. The lowest BCUT2D eigenvalue weighted by Crippen LogP contribution is -2.39. The Labute approximate surface area is 166 Å². The molecule has 1 aromatic heterocycles. The van der Waals surface area contributed by atoms with Gasteiger partial charge in [-0.3, -0.25) is 9.67 Å². The lowest BCUT2D eigenvalue weighted by atomic mass is 10.1. The predicted molar refractivity (Wildman–Crippen MR) is 110 cm³/mol. The largest absolute Gasteiger partial charge is 0.454 e. The summed E-state index contributed by atoms with van der Waals surface area (Å²) in [5.74, 6) is 2.46. The first-order valence-electron chi connectivity index (χ1n) is 9.62. The molecule has 3 rings (SSSR count). The van der Waals surface area contributed by atoms with Gasteiger partial charge in [0, 0.05) is 31.9 Å². The van der Waals surface area contributed by atoms with E-state index in [0.29, 0.717) is 13.3 Å². The van der Waals surface area contributed by atoms with Crippen LogP contribution in [0.25, 0.3) is 0 Å². The van der Waals surface area contributed by atoms with E-state index in [9.17, 15) is 0 Å². The number of hydrogen-bond donors (Lipinski definition) is 2. The summed E-state index contributed by atoms with van der Waals surface area (Å²) in [5, 5.41) is 11.0. The fourth-order valence-electron chi connectivity index (χ4n) is 3.12. The Balaban J connectivity index is 1.57. The molecule has 0 aliphatic carbocycles. The van der Waals surface area contributed by atoms with Gasteiger partial charge in [0.05, 0.1) is 18.8 Å². The number of nitrogens with zero attached hydrogens (tertiary/aromatic N) is 4. The second kappa shape index (κ2) is 9.45. The van der Waals surface area contributed by atoms with Crippen molar-refractivity contribution in [3.8, 4) is 11.5 Å². The van der Waals surface area contributed by atoms with Crippen LogP contribution in [-0.2, 0) is 13.5 Å². The van der Waals surface area contributed by atoms with E-state index in [0.717, 1.165) is 42.5 Å². The van der Waals surface area contributed by atoms with Crippen LogP contribution in [0.4, 0.5) is 0 Å². The Kier molecular flexibility index (Phi) is 6.76. The highest BCUT2D eigenvalue weighted by Crippen LogP contribution is 2.32. The first-order valence-corrected chi connectivity index (χ1v) is 9.62. The molecule has 1 unspecified atom stereocenters. The summed E-state index contributed by atoms with van der Waals surface area (Å²) >= 11 is 0. The molecule has 0 amide bonds. The third-order valence-electron chi connectivity index (χ3n) is 4.64. The summed E-state index contributed by atoms with van der Waals surface area (Å²) in [7, 11) is 6.06. The normalized spacial score (nSPS) is 14.4. The Morgan fingerprint density at radius 1 is 1.29 bits per heavy atom. The molecule has 0 bridgehead atoms. The first-order chi connectivity index (χ1) is 13.6. The van der Waals surface area contributed by atoms with Crippen LogP contribution < -0.4 is 20.1 Å². The average Bonchev–Trinajstić information content (AvgIpc) is 3.30. The molecule has 1 atom stereocenters. The van der Waals surface area contributed by atoms with Crippen LogP contribution in [0.5, 0.6) is 11.5 Å². The van der Waals surface area contributed by atoms with Gasteiger partial charge < -0.3 is 25.0 Å². The minimum Gasteiger partial charge on any atom is -0.454 e. The second-order valence-electron chi connectivity index (χ2n) is 7.01. The molecule has 28 heavy (non-hydrogen) atoms. The van der Waals surface area contributed by atoms with Gasteiger partial charge in [-0.1, -0.05) is 6.07 Å². The van der Waals surface area contributed by atoms with Gasteiger partial charge >= 0.3 is 0 Å². The maximum atomic E-state index is 5.45. The smallest absolute Gasteiger partial charge is 0.231 e. The highest BCUT2D eigenvalue weighted by atomic mass is 16.7. The summed E-state index contributed by atoms with van der Waals surface area (Å²) < 4.78 is 12.6. The Morgan fingerprint density at radius 2 is 2.11 bits per heavy atom. The number of hydrogen-bond acceptors (Lipinski definition) is 5. The van der Waals surface area contributed by atoms with Crippen molar-refractivity contribution in [2.45, 2.75) is 19.4 Å². The van der Waals surface area contributed by atoms with Gasteiger partial charge in [0.1, 0.15) is 0 Å². The Bertz CT molecular complexity index is 802. The Morgan fingerprint density at radius 3 is 2.82 bits per heavy atom. The number of aryl methyl sites for hydroxylation is 1. The molecule has 2 aromatic rings. The van der Waals surface area contributed by atoms with E-state index in [-0.39, 0.29) is 6.04 Å². The molecule has 0 radical (unpaired) electrons. The van der Waals surface area contributed by atoms with Crippen LogP contribution in [0.3, 0.4) is 0 Å². The summed E-state index contributed by atoms with van der Waals surface area (Å²) in [4.78, 5) is 6.94. The monoisotopic (exact) mass is 386 g/mol. The number of ether oxygens (including phenoxy) is 2.